The van der Waals surface area contributed by atoms with Crippen molar-refractivity contribution < 1.29 is 31.2 Å². The smallest absolute Gasteiger partial charge is 0.357 e. The van der Waals surface area contributed by atoms with Gasteiger partial charge < -0.3 is 10.2 Å². The van der Waals surface area contributed by atoms with Crippen LogP contribution in [0.25, 0.3) is 0 Å². The molecule has 0 spiro atoms. The minimum atomic E-state index is -4.73. The normalized spacial score (nSPS) is 12.5. The Labute approximate surface area is 226 Å². The fraction of sp³-hybridized carbons (Fsp3) is 0.286. The number of nitrogens with zero attached hydrogens (tertiary/aromatic N) is 2. The number of hydrogen-bond donors (Lipinski definition) is 1. The van der Waals surface area contributed by atoms with Gasteiger partial charge in [0.25, 0.3) is 10.0 Å². The second-order valence-electron chi connectivity index (χ2n) is 8.92. The van der Waals surface area contributed by atoms with E-state index in [0.717, 1.165) is 17.7 Å². The fourth-order valence-corrected chi connectivity index (χ4v) is 5.48. The van der Waals surface area contributed by atoms with Crippen molar-refractivity contribution in [3.8, 4) is 0 Å². The third-order valence-electron chi connectivity index (χ3n) is 6.18. The van der Waals surface area contributed by atoms with Crippen LogP contribution in [0.1, 0.15) is 30.0 Å². The van der Waals surface area contributed by atoms with E-state index in [2.05, 4.69) is 5.32 Å². The number of carbonyl (C=O) groups excluding carboxylic acids is 2. The molecule has 0 saturated heterocycles. The summed E-state index contributed by atoms with van der Waals surface area (Å²) in [5.41, 5.74) is 0.0853. The maximum Gasteiger partial charge on any atom is 0.416 e. The summed E-state index contributed by atoms with van der Waals surface area (Å²) in [5.74, 6) is -1.20. The van der Waals surface area contributed by atoms with E-state index in [1.807, 2.05) is 0 Å². The molecule has 7 nitrogen and oxygen atoms in total. The van der Waals surface area contributed by atoms with Gasteiger partial charge in [0.1, 0.15) is 12.6 Å². The van der Waals surface area contributed by atoms with Gasteiger partial charge in [0.2, 0.25) is 11.8 Å². The zero-order chi connectivity index (χ0) is 28.8. The summed E-state index contributed by atoms with van der Waals surface area (Å²) in [4.78, 5) is 27.5. The van der Waals surface area contributed by atoms with Gasteiger partial charge in [-0.05, 0) is 49.2 Å². The number of likely N-dealkylation sites (N-methyl/N-ethyl adjacent to an activating group) is 1. The van der Waals surface area contributed by atoms with E-state index in [0.29, 0.717) is 15.9 Å². The number of anilines is 1. The van der Waals surface area contributed by atoms with Crippen LogP contribution in [-0.4, -0.2) is 44.8 Å². The first-order valence-electron chi connectivity index (χ1n) is 12.2. The Hall–Kier alpha value is -3.86. The van der Waals surface area contributed by atoms with Gasteiger partial charge in [-0.15, -0.1) is 0 Å². The van der Waals surface area contributed by atoms with Crippen LogP contribution >= 0.6 is 0 Å². The van der Waals surface area contributed by atoms with Crippen LogP contribution in [0.4, 0.5) is 18.9 Å². The Morgan fingerprint density at radius 1 is 0.949 bits per heavy atom. The molecule has 0 fully saturated rings. The topological polar surface area (TPSA) is 86.8 Å². The number of alkyl halides is 3. The molecule has 0 heterocycles. The third-order valence-corrected chi connectivity index (χ3v) is 7.97. The van der Waals surface area contributed by atoms with Gasteiger partial charge in [-0.2, -0.15) is 13.2 Å². The van der Waals surface area contributed by atoms with E-state index in [9.17, 15) is 31.2 Å². The van der Waals surface area contributed by atoms with Gasteiger partial charge in [-0.3, -0.25) is 13.9 Å². The van der Waals surface area contributed by atoms with Gasteiger partial charge in [-0.25, -0.2) is 8.42 Å². The molecule has 0 saturated carbocycles. The lowest BCUT2D eigenvalue weighted by atomic mass is 10.1. The van der Waals surface area contributed by atoms with Crippen molar-refractivity contribution in [1.82, 2.24) is 10.2 Å². The van der Waals surface area contributed by atoms with Crippen molar-refractivity contribution in [1.29, 1.82) is 0 Å². The first kappa shape index (κ1) is 29.7. The Kier molecular flexibility index (Phi) is 9.39. The zero-order valence-electron chi connectivity index (χ0n) is 21.8. The Morgan fingerprint density at radius 2 is 1.59 bits per heavy atom. The van der Waals surface area contributed by atoms with Crippen LogP contribution < -0.4 is 9.62 Å². The number of aryl methyl sites for hydroxylation is 1. The van der Waals surface area contributed by atoms with Crippen molar-refractivity contribution in [2.75, 3.05) is 17.9 Å². The number of halogens is 3. The summed E-state index contributed by atoms with van der Waals surface area (Å²) in [6, 6.07) is 17.4. The van der Waals surface area contributed by atoms with Gasteiger partial charge in [0.05, 0.1) is 16.1 Å². The molecule has 0 aliphatic carbocycles. The number of nitrogens with one attached hydrogen (secondary N) is 1. The first-order valence-corrected chi connectivity index (χ1v) is 13.6. The molecule has 1 atom stereocenters. The predicted molar refractivity (Wildman–Crippen MR) is 142 cm³/mol. The highest BCUT2D eigenvalue weighted by Crippen LogP contribution is 2.33. The number of hydrogen-bond acceptors (Lipinski definition) is 4. The van der Waals surface area contributed by atoms with Gasteiger partial charge >= 0.3 is 6.18 Å². The van der Waals surface area contributed by atoms with Gasteiger partial charge in [0.15, 0.2) is 0 Å². The summed E-state index contributed by atoms with van der Waals surface area (Å²) in [6.07, 6.45) is -4.50. The van der Waals surface area contributed by atoms with Crippen LogP contribution in [0, 0.1) is 6.92 Å². The minimum absolute atomic E-state index is 0.00733. The molecular formula is C28H30F3N3O4S. The first-order chi connectivity index (χ1) is 18.4. The molecular weight excluding hydrogens is 531 g/mol. The van der Waals surface area contributed by atoms with E-state index in [4.69, 9.17) is 0 Å². The van der Waals surface area contributed by atoms with Crippen molar-refractivity contribution in [2.24, 2.45) is 0 Å². The van der Waals surface area contributed by atoms with Crippen molar-refractivity contribution in [3.05, 3.63) is 95.6 Å². The lowest BCUT2D eigenvalue weighted by Gasteiger charge is -2.33. The monoisotopic (exact) mass is 561 g/mol. The predicted octanol–water partition coefficient (Wildman–Crippen LogP) is 4.76. The maximum atomic E-state index is 13.8. The van der Waals surface area contributed by atoms with Crippen LogP contribution in [0.5, 0.6) is 0 Å². The fourth-order valence-electron chi connectivity index (χ4n) is 4.07. The van der Waals surface area contributed by atoms with Gasteiger partial charge in [-0.1, -0.05) is 61.0 Å². The summed E-state index contributed by atoms with van der Waals surface area (Å²) in [7, 11) is -3.05. The van der Waals surface area contributed by atoms with E-state index in [-0.39, 0.29) is 23.5 Å². The number of sulfonamides is 1. The molecule has 1 N–H and O–H groups in total. The van der Waals surface area contributed by atoms with Crippen molar-refractivity contribution in [3.63, 3.8) is 0 Å². The second-order valence-corrected chi connectivity index (χ2v) is 10.8. The molecule has 0 radical (unpaired) electrons. The molecule has 208 valence electrons. The number of benzene rings is 3. The van der Waals surface area contributed by atoms with Crippen LogP contribution in [0.15, 0.2) is 83.8 Å². The molecule has 0 aliphatic rings. The van der Waals surface area contributed by atoms with E-state index < -0.39 is 46.2 Å². The quantitative estimate of drug-likeness (QED) is 0.387. The second kappa shape index (κ2) is 12.3. The Balaban J connectivity index is 2.11. The van der Waals surface area contributed by atoms with Crippen LogP contribution in [-0.2, 0) is 32.3 Å². The zero-order valence-corrected chi connectivity index (χ0v) is 22.6. The SMILES string of the molecule is CCC(C(=O)NC)N(Cc1ccccc1)C(=O)CN(c1cccc(C(F)(F)F)c1)S(=O)(=O)c1ccc(C)cc1. The maximum absolute atomic E-state index is 13.8. The Morgan fingerprint density at radius 3 is 2.15 bits per heavy atom. The Bertz CT molecular complexity index is 1400. The summed E-state index contributed by atoms with van der Waals surface area (Å²) in [5, 5.41) is 2.52. The standard InChI is InChI=1S/C28H30F3N3O4S/c1-4-25(27(36)32-3)33(18-21-9-6-5-7-10-21)26(35)19-34(23-12-8-11-22(17-23)28(29,30)31)39(37,38)24-15-13-20(2)14-16-24/h5-17,25H,4,18-19H2,1-3H3,(H,32,36). The van der Waals surface area contributed by atoms with Gasteiger partial charge in [0, 0.05) is 13.6 Å². The average molecular weight is 562 g/mol. The number of rotatable bonds is 10. The largest absolute Gasteiger partial charge is 0.416 e. The molecule has 11 heteroatoms. The van der Waals surface area contributed by atoms with Crippen LogP contribution in [0.3, 0.4) is 0 Å². The number of amides is 2. The highest BCUT2D eigenvalue weighted by atomic mass is 32.2. The number of carbonyl (C=O) groups is 2. The van der Waals surface area contributed by atoms with Crippen molar-refractivity contribution >= 4 is 27.5 Å². The molecule has 3 aromatic rings. The average Bonchev–Trinajstić information content (AvgIpc) is 2.91. The summed E-state index contributed by atoms with van der Waals surface area (Å²) in [6.45, 7) is 2.64. The van der Waals surface area contributed by atoms with E-state index in [1.165, 1.54) is 30.1 Å². The molecule has 2 amide bonds. The lowest BCUT2D eigenvalue weighted by Crippen LogP contribution is -2.51. The highest BCUT2D eigenvalue weighted by Gasteiger charge is 2.35. The molecule has 3 rings (SSSR count). The molecule has 3 aromatic carbocycles. The summed E-state index contributed by atoms with van der Waals surface area (Å²) >= 11 is 0. The molecule has 39 heavy (non-hydrogen) atoms. The molecule has 1 unspecified atom stereocenters. The van der Waals surface area contributed by atoms with Crippen molar-refractivity contribution in [2.45, 2.75) is 43.9 Å². The van der Waals surface area contributed by atoms with E-state index in [1.54, 1.807) is 56.3 Å². The summed E-state index contributed by atoms with van der Waals surface area (Å²) < 4.78 is 68.7. The minimum Gasteiger partial charge on any atom is -0.357 e. The highest BCUT2D eigenvalue weighted by molar-refractivity contribution is 7.92. The molecule has 0 aliphatic heterocycles. The lowest BCUT2D eigenvalue weighted by molar-refractivity contribution is -0.140. The van der Waals surface area contributed by atoms with E-state index >= 15 is 0 Å². The molecule has 0 aromatic heterocycles. The third kappa shape index (κ3) is 7.17. The molecule has 0 bridgehead atoms. The van der Waals surface area contributed by atoms with Crippen LogP contribution in [0.2, 0.25) is 0 Å².